The van der Waals surface area contributed by atoms with Gasteiger partial charge in [0.15, 0.2) is 5.82 Å². The van der Waals surface area contributed by atoms with Gasteiger partial charge in [-0.3, -0.25) is 9.88 Å². The molecule has 2 atom stereocenters. The van der Waals surface area contributed by atoms with Gasteiger partial charge in [0.25, 0.3) is 5.88 Å². The fourth-order valence-electron chi connectivity index (χ4n) is 3.82. The minimum Gasteiger partial charge on any atom is -0.475 e. The largest absolute Gasteiger partial charge is 0.490 e. The standard InChI is InChI=1S/C19H22FN3O2.C2HF3O2/c20-17-6-3-9-22-18(17)25-16-11-19(24-13-16)7-4-10-23(14-19)12-15-5-1-2-8-21-15;3-2(4,5)1(6)7/h1-3,5-6,8-9,16H,4,7,10-14H2;(H,6,7)/t16-,19+;/m1./s1. The van der Waals surface area contributed by atoms with Crippen LogP contribution < -0.4 is 4.74 Å². The molecule has 2 aromatic rings. The molecule has 4 rings (SSSR count). The number of aliphatic carboxylic acids is 1. The monoisotopic (exact) mass is 457 g/mol. The predicted octanol–water partition coefficient (Wildman–Crippen LogP) is 3.45. The van der Waals surface area contributed by atoms with E-state index < -0.39 is 18.0 Å². The first-order valence-corrected chi connectivity index (χ1v) is 10.0. The molecule has 0 aliphatic carbocycles. The fourth-order valence-corrected chi connectivity index (χ4v) is 3.82. The van der Waals surface area contributed by atoms with E-state index in [0.29, 0.717) is 6.61 Å². The molecule has 0 radical (unpaired) electrons. The predicted molar refractivity (Wildman–Crippen MR) is 104 cm³/mol. The van der Waals surface area contributed by atoms with Crippen molar-refractivity contribution in [2.45, 2.75) is 43.7 Å². The van der Waals surface area contributed by atoms with E-state index in [1.165, 1.54) is 6.07 Å². The molecule has 1 spiro atoms. The Morgan fingerprint density at radius 1 is 1.25 bits per heavy atom. The first-order valence-electron chi connectivity index (χ1n) is 10.0. The molecular formula is C21H23F4N3O4. The third kappa shape index (κ3) is 6.60. The normalized spacial score (nSPS) is 23.4. The van der Waals surface area contributed by atoms with Gasteiger partial charge in [0.1, 0.15) is 6.10 Å². The maximum atomic E-state index is 13.7. The van der Waals surface area contributed by atoms with Crippen molar-refractivity contribution in [3.05, 3.63) is 54.2 Å². The zero-order valence-electron chi connectivity index (χ0n) is 17.1. The molecule has 7 nitrogen and oxygen atoms in total. The number of hydrogen-bond acceptors (Lipinski definition) is 6. The highest BCUT2D eigenvalue weighted by Crippen LogP contribution is 2.36. The lowest BCUT2D eigenvalue weighted by Crippen LogP contribution is -2.47. The van der Waals surface area contributed by atoms with Crippen molar-refractivity contribution in [2.75, 3.05) is 19.7 Å². The van der Waals surface area contributed by atoms with Crippen molar-refractivity contribution in [1.29, 1.82) is 0 Å². The second-order valence-corrected chi connectivity index (χ2v) is 7.67. The Hall–Kier alpha value is -2.79. The third-order valence-corrected chi connectivity index (χ3v) is 5.15. The Morgan fingerprint density at radius 2 is 2.00 bits per heavy atom. The quantitative estimate of drug-likeness (QED) is 0.704. The summed E-state index contributed by atoms with van der Waals surface area (Å²) in [6.07, 6.45) is 0.986. The van der Waals surface area contributed by atoms with E-state index in [4.69, 9.17) is 19.4 Å². The van der Waals surface area contributed by atoms with E-state index >= 15 is 0 Å². The van der Waals surface area contributed by atoms with Crippen LogP contribution in [0.4, 0.5) is 17.6 Å². The second kappa shape index (κ2) is 10.2. The van der Waals surface area contributed by atoms with Crippen LogP contribution in [0.3, 0.4) is 0 Å². The van der Waals surface area contributed by atoms with Gasteiger partial charge in [-0.05, 0) is 43.7 Å². The number of ether oxygens (including phenoxy) is 2. The van der Waals surface area contributed by atoms with Crippen LogP contribution in [0, 0.1) is 5.82 Å². The van der Waals surface area contributed by atoms with Gasteiger partial charge in [-0.2, -0.15) is 13.2 Å². The molecule has 0 unspecified atom stereocenters. The molecule has 32 heavy (non-hydrogen) atoms. The lowest BCUT2D eigenvalue weighted by molar-refractivity contribution is -0.192. The molecule has 0 saturated carbocycles. The van der Waals surface area contributed by atoms with E-state index in [-0.39, 0.29) is 17.6 Å². The summed E-state index contributed by atoms with van der Waals surface area (Å²) in [6, 6.07) is 8.92. The van der Waals surface area contributed by atoms with Gasteiger partial charge < -0.3 is 14.6 Å². The minimum atomic E-state index is -5.08. The van der Waals surface area contributed by atoms with Gasteiger partial charge in [-0.15, -0.1) is 0 Å². The Labute approximate surface area is 182 Å². The summed E-state index contributed by atoms with van der Waals surface area (Å²) in [5.74, 6) is -3.12. The molecule has 2 saturated heterocycles. The summed E-state index contributed by atoms with van der Waals surface area (Å²) < 4.78 is 57.4. The van der Waals surface area contributed by atoms with E-state index in [9.17, 15) is 17.6 Å². The number of halogens is 4. The molecule has 4 heterocycles. The number of rotatable bonds is 4. The van der Waals surface area contributed by atoms with Crippen molar-refractivity contribution >= 4 is 5.97 Å². The molecular weight excluding hydrogens is 434 g/mol. The van der Waals surface area contributed by atoms with Crippen molar-refractivity contribution in [3.8, 4) is 5.88 Å². The number of hydrogen-bond donors (Lipinski definition) is 1. The van der Waals surface area contributed by atoms with Crippen molar-refractivity contribution < 1.29 is 36.9 Å². The topological polar surface area (TPSA) is 84.8 Å². The second-order valence-electron chi connectivity index (χ2n) is 7.67. The van der Waals surface area contributed by atoms with Crippen molar-refractivity contribution in [1.82, 2.24) is 14.9 Å². The van der Waals surface area contributed by atoms with E-state index in [0.717, 1.165) is 44.6 Å². The van der Waals surface area contributed by atoms with Crippen LogP contribution >= 0.6 is 0 Å². The Kier molecular flexibility index (Phi) is 7.62. The SMILES string of the molecule is Fc1cccnc1O[C@H]1CO[C@@]2(CCCN(Cc3ccccn3)C2)C1.O=C(O)C(F)(F)F. The summed E-state index contributed by atoms with van der Waals surface area (Å²) in [6.45, 7) is 3.20. The average Bonchev–Trinajstić information content (AvgIpc) is 3.12. The number of likely N-dealkylation sites (tertiary alicyclic amines) is 1. The van der Waals surface area contributed by atoms with E-state index in [1.807, 2.05) is 24.4 Å². The number of carboxylic acid groups (broad SMARTS) is 1. The van der Waals surface area contributed by atoms with Crippen LogP contribution in [0.2, 0.25) is 0 Å². The Balaban J connectivity index is 0.000000360. The first-order chi connectivity index (χ1) is 15.2. The van der Waals surface area contributed by atoms with Crippen LogP contribution in [0.15, 0.2) is 42.7 Å². The van der Waals surface area contributed by atoms with Gasteiger partial charge in [0.2, 0.25) is 0 Å². The Bertz CT molecular complexity index is 900. The molecule has 0 aromatic carbocycles. The smallest absolute Gasteiger partial charge is 0.475 e. The number of pyridine rings is 2. The molecule has 2 aliphatic heterocycles. The molecule has 2 aliphatic rings. The highest BCUT2D eigenvalue weighted by atomic mass is 19.4. The summed E-state index contributed by atoms with van der Waals surface area (Å²) in [5, 5.41) is 7.12. The highest BCUT2D eigenvalue weighted by Gasteiger charge is 2.44. The van der Waals surface area contributed by atoms with Crippen molar-refractivity contribution in [3.63, 3.8) is 0 Å². The van der Waals surface area contributed by atoms with Crippen LogP contribution in [0.5, 0.6) is 5.88 Å². The number of nitrogens with zero attached hydrogens (tertiary/aromatic N) is 3. The molecule has 0 bridgehead atoms. The summed E-state index contributed by atoms with van der Waals surface area (Å²) in [5.41, 5.74) is 0.865. The van der Waals surface area contributed by atoms with Gasteiger partial charge >= 0.3 is 12.1 Å². The number of piperidine rings is 1. The average molecular weight is 457 g/mol. The van der Waals surface area contributed by atoms with Gasteiger partial charge in [0, 0.05) is 31.9 Å². The lowest BCUT2D eigenvalue weighted by atomic mass is 9.89. The number of carboxylic acids is 1. The highest BCUT2D eigenvalue weighted by molar-refractivity contribution is 5.73. The Morgan fingerprint density at radius 3 is 2.66 bits per heavy atom. The van der Waals surface area contributed by atoms with E-state index in [2.05, 4.69) is 14.9 Å². The zero-order chi connectivity index (χ0) is 23.2. The number of aromatic nitrogens is 2. The first kappa shape index (κ1) is 23.9. The molecule has 2 aromatic heterocycles. The van der Waals surface area contributed by atoms with E-state index in [1.54, 1.807) is 12.3 Å². The molecule has 11 heteroatoms. The fraction of sp³-hybridized carbons (Fsp3) is 0.476. The van der Waals surface area contributed by atoms with Crippen LogP contribution in [0.1, 0.15) is 25.0 Å². The summed E-state index contributed by atoms with van der Waals surface area (Å²) >= 11 is 0. The van der Waals surface area contributed by atoms with Crippen LogP contribution in [-0.2, 0) is 16.1 Å². The summed E-state index contributed by atoms with van der Waals surface area (Å²) in [7, 11) is 0. The lowest BCUT2D eigenvalue weighted by Gasteiger charge is -2.39. The molecule has 2 fully saturated rings. The molecule has 1 N–H and O–H groups in total. The third-order valence-electron chi connectivity index (χ3n) is 5.15. The van der Waals surface area contributed by atoms with Gasteiger partial charge in [0.05, 0.1) is 17.9 Å². The number of carbonyl (C=O) groups is 1. The zero-order valence-corrected chi connectivity index (χ0v) is 17.1. The van der Waals surface area contributed by atoms with Crippen LogP contribution in [0.25, 0.3) is 0 Å². The maximum absolute atomic E-state index is 13.7. The van der Waals surface area contributed by atoms with Gasteiger partial charge in [-0.1, -0.05) is 6.07 Å². The maximum Gasteiger partial charge on any atom is 0.490 e. The molecule has 174 valence electrons. The molecule has 0 amide bonds. The van der Waals surface area contributed by atoms with Gasteiger partial charge in [-0.25, -0.2) is 14.2 Å². The van der Waals surface area contributed by atoms with Crippen molar-refractivity contribution in [2.24, 2.45) is 0 Å². The number of alkyl halides is 3. The van der Waals surface area contributed by atoms with Crippen LogP contribution in [-0.4, -0.2) is 63.5 Å². The summed E-state index contributed by atoms with van der Waals surface area (Å²) in [4.78, 5) is 19.7. The minimum absolute atomic E-state index is 0.0642.